The zero-order valence-corrected chi connectivity index (χ0v) is 19.8. The van der Waals surface area contributed by atoms with Gasteiger partial charge in [0, 0.05) is 17.5 Å². The highest BCUT2D eigenvalue weighted by Gasteiger charge is 2.13. The van der Waals surface area contributed by atoms with E-state index in [1.54, 1.807) is 0 Å². The molecule has 1 heterocycles. The summed E-state index contributed by atoms with van der Waals surface area (Å²) in [6.45, 7) is 4.93. The second kappa shape index (κ2) is 10.8. The number of hydrogen-bond donors (Lipinski definition) is 1. The first-order chi connectivity index (χ1) is 15.6. The van der Waals surface area contributed by atoms with Crippen molar-refractivity contribution >= 4 is 28.6 Å². The van der Waals surface area contributed by atoms with Crippen molar-refractivity contribution in [2.75, 3.05) is 12.3 Å². The summed E-state index contributed by atoms with van der Waals surface area (Å²) < 4.78 is 0. The van der Waals surface area contributed by atoms with Crippen LogP contribution in [0.15, 0.2) is 59.1 Å². The minimum absolute atomic E-state index is 0.0573. The lowest BCUT2D eigenvalue weighted by molar-refractivity contribution is -0.118. The third kappa shape index (κ3) is 5.77. The Labute approximate surface area is 194 Å². The van der Waals surface area contributed by atoms with Crippen molar-refractivity contribution in [2.24, 2.45) is 0 Å². The molecule has 4 nitrogen and oxygen atoms in total. The van der Waals surface area contributed by atoms with Crippen molar-refractivity contribution in [3.05, 3.63) is 65.2 Å². The molecule has 32 heavy (non-hydrogen) atoms. The predicted octanol–water partition coefficient (Wildman–Crippen LogP) is 6.27. The first-order valence-electron chi connectivity index (χ1n) is 11.6. The van der Waals surface area contributed by atoms with Gasteiger partial charge >= 0.3 is 0 Å². The van der Waals surface area contributed by atoms with Crippen LogP contribution in [0.4, 0.5) is 0 Å². The SMILES string of the molecule is CCc1ccc2nc(-c3cccc(C)c3)nc(SCC(=O)NCCC3=CCCCC3)c2c1. The third-order valence-corrected chi connectivity index (χ3v) is 6.89. The van der Waals surface area contributed by atoms with E-state index in [-0.39, 0.29) is 5.91 Å². The minimum atomic E-state index is 0.0573. The van der Waals surface area contributed by atoms with Crippen LogP contribution in [-0.2, 0) is 11.2 Å². The molecule has 0 saturated carbocycles. The van der Waals surface area contributed by atoms with Gasteiger partial charge in [-0.2, -0.15) is 0 Å². The van der Waals surface area contributed by atoms with Crippen molar-refractivity contribution < 1.29 is 4.79 Å². The average Bonchev–Trinajstić information content (AvgIpc) is 2.82. The second-order valence-electron chi connectivity index (χ2n) is 8.42. The Hall–Kier alpha value is -2.66. The van der Waals surface area contributed by atoms with Crippen LogP contribution in [0.3, 0.4) is 0 Å². The Morgan fingerprint density at radius 1 is 1.12 bits per heavy atom. The maximum atomic E-state index is 12.5. The van der Waals surface area contributed by atoms with Crippen molar-refractivity contribution in [1.82, 2.24) is 15.3 Å². The zero-order chi connectivity index (χ0) is 22.3. The van der Waals surface area contributed by atoms with Gasteiger partial charge in [0.2, 0.25) is 5.91 Å². The Morgan fingerprint density at radius 3 is 2.81 bits per heavy atom. The van der Waals surface area contributed by atoms with Gasteiger partial charge in [0.1, 0.15) is 5.03 Å². The molecule has 5 heteroatoms. The molecule has 0 aliphatic heterocycles. The summed E-state index contributed by atoms with van der Waals surface area (Å²) in [5.41, 5.74) is 5.82. The van der Waals surface area contributed by atoms with Gasteiger partial charge in [0.25, 0.3) is 0 Å². The monoisotopic (exact) mass is 445 g/mol. The van der Waals surface area contributed by atoms with E-state index in [2.05, 4.69) is 55.6 Å². The second-order valence-corrected chi connectivity index (χ2v) is 9.39. The number of nitrogens with zero attached hydrogens (tertiary/aromatic N) is 2. The number of amides is 1. The number of aryl methyl sites for hydroxylation is 2. The minimum Gasteiger partial charge on any atom is -0.355 e. The number of aromatic nitrogens is 2. The van der Waals surface area contributed by atoms with E-state index in [9.17, 15) is 4.79 Å². The topological polar surface area (TPSA) is 54.9 Å². The number of hydrogen-bond acceptors (Lipinski definition) is 4. The fraction of sp³-hybridized carbons (Fsp3) is 0.370. The van der Waals surface area contributed by atoms with Gasteiger partial charge in [-0.25, -0.2) is 9.97 Å². The van der Waals surface area contributed by atoms with Gasteiger partial charge in [-0.15, -0.1) is 0 Å². The summed E-state index contributed by atoms with van der Waals surface area (Å²) in [6.07, 6.45) is 9.20. The molecular formula is C27H31N3OS. The number of carbonyl (C=O) groups excluding carboxylic acids is 1. The van der Waals surface area contributed by atoms with Gasteiger partial charge in [0.05, 0.1) is 11.3 Å². The van der Waals surface area contributed by atoms with Gasteiger partial charge in [0.15, 0.2) is 5.82 Å². The molecule has 0 atom stereocenters. The first-order valence-corrected chi connectivity index (χ1v) is 12.6. The molecular weight excluding hydrogens is 414 g/mol. The van der Waals surface area contributed by atoms with E-state index in [4.69, 9.17) is 9.97 Å². The molecule has 1 aromatic heterocycles. The largest absolute Gasteiger partial charge is 0.355 e. The van der Waals surface area contributed by atoms with Crippen LogP contribution >= 0.6 is 11.8 Å². The lowest BCUT2D eigenvalue weighted by atomic mass is 9.97. The molecule has 0 radical (unpaired) electrons. The van der Waals surface area contributed by atoms with Crippen molar-refractivity contribution in [1.29, 1.82) is 0 Å². The van der Waals surface area contributed by atoms with Gasteiger partial charge < -0.3 is 5.32 Å². The number of carbonyl (C=O) groups is 1. The number of thioether (sulfide) groups is 1. The fourth-order valence-corrected chi connectivity index (χ4v) is 4.91. The molecule has 0 saturated heterocycles. The van der Waals surface area contributed by atoms with Crippen LogP contribution in [0, 0.1) is 6.92 Å². The van der Waals surface area contributed by atoms with Gasteiger partial charge in [-0.1, -0.05) is 60.2 Å². The van der Waals surface area contributed by atoms with Crippen LogP contribution in [0.5, 0.6) is 0 Å². The highest BCUT2D eigenvalue weighted by atomic mass is 32.2. The molecule has 1 aliphatic rings. The summed E-state index contributed by atoms with van der Waals surface area (Å²) in [4.78, 5) is 22.2. The maximum Gasteiger partial charge on any atom is 0.230 e. The quantitative estimate of drug-likeness (QED) is 0.252. The standard InChI is InChI=1S/C27H31N3OS/c1-3-20-12-13-24-23(17-20)27(30-26(29-24)22-11-7-8-19(2)16-22)32-18-25(31)28-15-14-21-9-5-4-6-10-21/h7-9,11-13,16-17H,3-6,10,14-15,18H2,1-2H3,(H,28,31). The summed E-state index contributed by atoms with van der Waals surface area (Å²) in [5, 5.41) is 4.97. The van der Waals surface area contributed by atoms with E-state index in [1.165, 1.54) is 54.1 Å². The number of rotatable bonds is 8. The van der Waals surface area contributed by atoms with E-state index in [0.29, 0.717) is 18.1 Å². The van der Waals surface area contributed by atoms with Crippen molar-refractivity contribution in [2.45, 2.75) is 57.4 Å². The highest BCUT2D eigenvalue weighted by molar-refractivity contribution is 8.00. The lowest BCUT2D eigenvalue weighted by Gasteiger charge is -2.13. The maximum absolute atomic E-state index is 12.5. The van der Waals surface area contributed by atoms with E-state index >= 15 is 0 Å². The van der Waals surface area contributed by atoms with Gasteiger partial charge in [-0.05, 0) is 69.2 Å². The summed E-state index contributed by atoms with van der Waals surface area (Å²) >= 11 is 1.50. The normalized spacial score (nSPS) is 13.8. The molecule has 3 aromatic rings. The predicted molar refractivity (Wildman–Crippen MR) is 134 cm³/mol. The Bertz CT molecular complexity index is 1140. The summed E-state index contributed by atoms with van der Waals surface area (Å²) in [7, 11) is 0. The number of nitrogens with one attached hydrogen (secondary N) is 1. The fourth-order valence-electron chi connectivity index (χ4n) is 4.07. The first kappa shape index (κ1) is 22.5. The molecule has 0 fully saturated rings. The molecule has 4 rings (SSSR count). The number of fused-ring (bicyclic) bond motifs is 1. The van der Waals surface area contributed by atoms with Crippen LogP contribution in [0.2, 0.25) is 0 Å². The number of allylic oxidation sites excluding steroid dienone is 1. The van der Waals surface area contributed by atoms with Crippen LogP contribution in [0.1, 0.15) is 50.2 Å². The van der Waals surface area contributed by atoms with E-state index in [1.807, 2.05) is 12.1 Å². The van der Waals surface area contributed by atoms with E-state index in [0.717, 1.165) is 34.3 Å². The van der Waals surface area contributed by atoms with Crippen LogP contribution < -0.4 is 5.32 Å². The molecule has 0 spiro atoms. The average molecular weight is 446 g/mol. The third-order valence-electron chi connectivity index (χ3n) is 5.90. The zero-order valence-electron chi connectivity index (χ0n) is 19.0. The summed E-state index contributed by atoms with van der Waals surface area (Å²) in [6, 6.07) is 14.6. The molecule has 1 amide bonds. The Morgan fingerprint density at radius 2 is 2.03 bits per heavy atom. The van der Waals surface area contributed by atoms with E-state index < -0.39 is 0 Å². The summed E-state index contributed by atoms with van der Waals surface area (Å²) in [5.74, 6) is 1.12. The highest BCUT2D eigenvalue weighted by Crippen LogP contribution is 2.29. The van der Waals surface area contributed by atoms with Crippen LogP contribution in [0.25, 0.3) is 22.3 Å². The van der Waals surface area contributed by atoms with Crippen molar-refractivity contribution in [3.63, 3.8) is 0 Å². The van der Waals surface area contributed by atoms with Gasteiger partial charge in [-0.3, -0.25) is 4.79 Å². The number of benzene rings is 2. The molecule has 0 bridgehead atoms. The molecule has 0 unspecified atom stereocenters. The molecule has 2 aromatic carbocycles. The Balaban J connectivity index is 1.50. The molecule has 166 valence electrons. The molecule has 1 N–H and O–H groups in total. The van der Waals surface area contributed by atoms with Crippen molar-refractivity contribution in [3.8, 4) is 11.4 Å². The van der Waals surface area contributed by atoms with Crippen LogP contribution in [-0.4, -0.2) is 28.2 Å². The lowest BCUT2D eigenvalue weighted by Crippen LogP contribution is -2.26. The molecule has 1 aliphatic carbocycles. The smallest absolute Gasteiger partial charge is 0.230 e. The Kier molecular flexibility index (Phi) is 7.59.